The highest BCUT2D eigenvalue weighted by molar-refractivity contribution is 7.91. The number of methoxy groups -OCH3 is 3. The first kappa shape index (κ1) is 24.8. The molecule has 9 nitrogen and oxygen atoms in total. The Morgan fingerprint density at radius 2 is 1.69 bits per heavy atom. The lowest BCUT2D eigenvalue weighted by Gasteiger charge is -2.34. The Kier molecular flexibility index (Phi) is 7.18. The maximum absolute atomic E-state index is 12.8. The number of carbonyl (C=O) groups is 1. The molecule has 35 heavy (non-hydrogen) atoms. The van der Waals surface area contributed by atoms with Gasteiger partial charge in [-0.2, -0.15) is 0 Å². The van der Waals surface area contributed by atoms with Gasteiger partial charge in [-0.25, -0.2) is 13.4 Å². The van der Waals surface area contributed by atoms with Gasteiger partial charge in [0.25, 0.3) is 0 Å². The minimum atomic E-state index is -3.37. The van der Waals surface area contributed by atoms with Crippen LogP contribution in [0.5, 0.6) is 17.2 Å². The van der Waals surface area contributed by atoms with Gasteiger partial charge in [0.1, 0.15) is 5.52 Å². The topological polar surface area (TPSA) is 98.3 Å². The van der Waals surface area contributed by atoms with Crippen LogP contribution >= 0.6 is 11.3 Å². The molecule has 1 aliphatic heterocycles. The first-order valence-electron chi connectivity index (χ1n) is 10.9. The van der Waals surface area contributed by atoms with E-state index in [0.717, 1.165) is 15.4 Å². The van der Waals surface area contributed by atoms with Crippen LogP contribution in [-0.2, 0) is 14.6 Å². The lowest BCUT2D eigenvalue weighted by molar-refractivity contribution is -0.126. The van der Waals surface area contributed by atoms with Crippen LogP contribution in [0, 0.1) is 0 Å². The Bertz CT molecular complexity index is 1350. The van der Waals surface area contributed by atoms with Crippen LogP contribution in [0.3, 0.4) is 0 Å². The van der Waals surface area contributed by atoms with Gasteiger partial charge in [0.05, 0.1) is 30.9 Å². The number of hydrogen-bond donors (Lipinski definition) is 0. The molecule has 11 heteroatoms. The summed E-state index contributed by atoms with van der Waals surface area (Å²) in [5.41, 5.74) is 1.25. The molecule has 2 heterocycles. The molecule has 0 atom stereocenters. The highest BCUT2D eigenvalue weighted by Crippen LogP contribution is 2.38. The fraction of sp³-hybridized carbons (Fsp3) is 0.333. The quantitative estimate of drug-likeness (QED) is 0.441. The summed E-state index contributed by atoms with van der Waals surface area (Å²) in [5.74, 6) is 1.43. The molecule has 4 rings (SSSR count). The van der Waals surface area contributed by atoms with Crippen molar-refractivity contribution in [2.24, 2.45) is 0 Å². The van der Waals surface area contributed by atoms with Crippen molar-refractivity contribution in [1.29, 1.82) is 0 Å². The smallest absolute Gasteiger partial charge is 0.246 e. The zero-order valence-corrected chi connectivity index (χ0v) is 21.6. The summed E-state index contributed by atoms with van der Waals surface area (Å²) in [7, 11) is 1.26. The third-order valence-electron chi connectivity index (χ3n) is 5.74. The summed E-state index contributed by atoms with van der Waals surface area (Å²) >= 11 is 1.46. The average Bonchev–Trinajstić information content (AvgIpc) is 3.30. The first-order chi connectivity index (χ1) is 16.7. The van der Waals surface area contributed by atoms with Gasteiger partial charge >= 0.3 is 0 Å². The van der Waals surface area contributed by atoms with Gasteiger partial charge in [-0.05, 0) is 35.9 Å². The normalized spacial score (nSPS) is 14.5. The summed E-state index contributed by atoms with van der Waals surface area (Å²) < 4.78 is 41.1. The second-order valence-corrected chi connectivity index (χ2v) is 11.0. The Hall–Kier alpha value is -3.31. The van der Waals surface area contributed by atoms with Crippen molar-refractivity contribution in [2.45, 2.75) is 4.90 Å². The van der Waals surface area contributed by atoms with Crippen molar-refractivity contribution in [3.05, 3.63) is 42.0 Å². The van der Waals surface area contributed by atoms with Crippen molar-refractivity contribution in [3.8, 4) is 17.2 Å². The molecular weight excluding hydrogens is 490 g/mol. The van der Waals surface area contributed by atoms with Crippen molar-refractivity contribution in [2.75, 3.05) is 58.7 Å². The van der Waals surface area contributed by atoms with Crippen LogP contribution in [0.4, 0.5) is 5.13 Å². The summed E-state index contributed by atoms with van der Waals surface area (Å²) in [6.07, 6.45) is 4.45. The van der Waals surface area contributed by atoms with E-state index in [0.29, 0.717) is 48.9 Å². The minimum absolute atomic E-state index is 0.0953. The van der Waals surface area contributed by atoms with Crippen molar-refractivity contribution < 1.29 is 27.4 Å². The fourth-order valence-corrected chi connectivity index (χ4v) is 5.88. The fourth-order valence-electron chi connectivity index (χ4n) is 3.93. The zero-order chi connectivity index (χ0) is 25.2. The standard InChI is InChI=1S/C24H27N3O6S2/c1-31-17-14-16(15-18(32-2)23(17)33-3)8-9-21(28)26-10-12-27(13-11-26)24-25-22-19(34-24)6-5-7-20(22)35(4,29)30/h5-9,14-15H,10-13H2,1-4H3/b9-8-. The lowest BCUT2D eigenvalue weighted by Crippen LogP contribution is -2.48. The number of amides is 1. The number of fused-ring (bicyclic) bond motifs is 1. The van der Waals surface area contributed by atoms with Crippen molar-refractivity contribution in [1.82, 2.24) is 9.88 Å². The van der Waals surface area contributed by atoms with Crippen LogP contribution in [0.2, 0.25) is 0 Å². The number of thiazole rings is 1. The van der Waals surface area contributed by atoms with Crippen molar-refractivity contribution in [3.63, 3.8) is 0 Å². The van der Waals surface area contributed by atoms with E-state index in [-0.39, 0.29) is 10.8 Å². The van der Waals surface area contributed by atoms with Crippen LogP contribution in [0.1, 0.15) is 5.56 Å². The number of sulfone groups is 1. The molecule has 0 N–H and O–H groups in total. The Labute approximate surface area is 208 Å². The van der Waals surface area contributed by atoms with Gasteiger partial charge in [0, 0.05) is 38.5 Å². The van der Waals surface area contributed by atoms with E-state index in [9.17, 15) is 13.2 Å². The highest BCUT2D eigenvalue weighted by Gasteiger charge is 2.23. The van der Waals surface area contributed by atoms with E-state index >= 15 is 0 Å². The maximum Gasteiger partial charge on any atom is 0.246 e. The van der Waals surface area contributed by atoms with E-state index in [1.807, 2.05) is 6.07 Å². The molecule has 2 aromatic carbocycles. The van der Waals surface area contributed by atoms with Crippen LogP contribution in [0.15, 0.2) is 41.3 Å². The Morgan fingerprint density at radius 3 is 2.26 bits per heavy atom. The maximum atomic E-state index is 12.8. The molecule has 0 saturated carbocycles. The molecule has 0 spiro atoms. The molecule has 1 amide bonds. The molecule has 1 fully saturated rings. The largest absolute Gasteiger partial charge is 0.493 e. The summed E-state index contributed by atoms with van der Waals surface area (Å²) in [6, 6.07) is 8.75. The average molecular weight is 518 g/mol. The van der Waals surface area contributed by atoms with Crippen LogP contribution in [0.25, 0.3) is 16.3 Å². The molecule has 0 unspecified atom stereocenters. The minimum Gasteiger partial charge on any atom is -0.493 e. The van der Waals surface area contributed by atoms with Gasteiger partial charge in [-0.3, -0.25) is 4.79 Å². The van der Waals surface area contributed by atoms with E-state index in [4.69, 9.17) is 14.2 Å². The second-order valence-electron chi connectivity index (χ2n) is 7.98. The lowest BCUT2D eigenvalue weighted by atomic mass is 10.1. The van der Waals surface area contributed by atoms with E-state index in [2.05, 4.69) is 9.88 Å². The Balaban J connectivity index is 1.44. The highest BCUT2D eigenvalue weighted by atomic mass is 32.2. The van der Waals surface area contributed by atoms with Gasteiger partial charge in [0.2, 0.25) is 11.7 Å². The van der Waals surface area contributed by atoms with E-state index in [1.165, 1.54) is 30.8 Å². The number of para-hydroxylation sites is 1. The van der Waals surface area contributed by atoms with E-state index < -0.39 is 9.84 Å². The van der Waals surface area contributed by atoms with Gasteiger partial charge < -0.3 is 24.0 Å². The summed E-state index contributed by atoms with van der Waals surface area (Å²) in [5, 5.41) is 0.760. The molecule has 0 bridgehead atoms. The molecule has 1 aliphatic rings. The molecule has 0 aliphatic carbocycles. The van der Waals surface area contributed by atoms with Gasteiger partial charge in [0.15, 0.2) is 26.5 Å². The number of carbonyl (C=O) groups excluding carboxylic acids is 1. The number of aromatic nitrogens is 1. The third kappa shape index (κ3) is 5.20. The number of ether oxygens (including phenoxy) is 3. The van der Waals surface area contributed by atoms with Crippen molar-refractivity contribution >= 4 is 48.5 Å². The molecule has 1 saturated heterocycles. The Morgan fingerprint density at radius 1 is 1.03 bits per heavy atom. The molecule has 0 radical (unpaired) electrons. The number of piperazine rings is 1. The number of anilines is 1. The number of benzene rings is 2. The molecule has 186 valence electrons. The van der Waals surface area contributed by atoms with Crippen LogP contribution < -0.4 is 19.1 Å². The van der Waals surface area contributed by atoms with E-state index in [1.54, 1.807) is 49.5 Å². The molecule has 3 aromatic rings. The monoisotopic (exact) mass is 517 g/mol. The summed E-state index contributed by atoms with van der Waals surface area (Å²) in [4.78, 5) is 21.5. The van der Waals surface area contributed by atoms with Crippen LogP contribution in [-0.4, -0.2) is 78.0 Å². The first-order valence-corrected chi connectivity index (χ1v) is 13.6. The van der Waals surface area contributed by atoms with Gasteiger partial charge in [-0.15, -0.1) is 0 Å². The third-order valence-corrected chi connectivity index (χ3v) is 7.95. The second kappa shape index (κ2) is 10.1. The predicted molar refractivity (Wildman–Crippen MR) is 137 cm³/mol. The number of rotatable bonds is 7. The molecular formula is C24H27N3O6S2. The number of hydrogen-bond acceptors (Lipinski definition) is 9. The molecule has 1 aromatic heterocycles. The van der Waals surface area contributed by atoms with Gasteiger partial charge in [-0.1, -0.05) is 17.4 Å². The zero-order valence-electron chi connectivity index (χ0n) is 20.0. The summed E-state index contributed by atoms with van der Waals surface area (Å²) in [6.45, 7) is 2.29. The SMILES string of the molecule is COc1cc(/C=C\C(=O)N2CCN(c3nc4c(S(C)(=O)=O)cccc4s3)CC2)cc(OC)c1OC. The predicted octanol–water partition coefficient (Wildman–Crippen LogP) is 3.09. The number of nitrogens with zero attached hydrogens (tertiary/aromatic N) is 3.